The molecule has 1 aromatic carbocycles. The standard InChI is InChI=1S/C14H16N2O3/c1-18-10-2-3-11-12(6-10)19-8-9-7-16-13(17)4-5-15(16)14(9)11/h2-3,6,9,14H,4-5,7-8H2,1H3/t9-,14+/m0/s1. The van der Waals surface area contributed by atoms with Crippen molar-refractivity contribution < 1.29 is 14.3 Å². The first-order chi connectivity index (χ1) is 9.28. The van der Waals surface area contributed by atoms with E-state index in [4.69, 9.17) is 9.47 Å². The van der Waals surface area contributed by atoms with Gasteiger partial charge in [-0.1, -0.05) is 0 Å². The van der Waals surface area contributed by atoms with Crippen LogP contribution in [0.3, 0.4) is 0 Å². The summed E-state index contributed by atoms with van der Waals surface area (Å²) in [7, 11) is 1.66. The second-order valence-electron chi connectivity index (χ2n) is 5.31. The Hall–Kier alpha value is -1.75. The molecular formula is C14H16N2O3. The molecule has 0 bridgehead atoms. The lowest BCUT2D eigenvalue weighted by molar-refractivity contribution is -0.135. The third-order valence-electron chi connectivity index (χ3n) is 4.32. The average Bonchev–Trinajstić information content (AvgIpc) is 2.98. The fourth-order valence-electron chi connectivity index (χ4n) is 3.43. The molecule has 0 aromatic heterocycles. The van der Waals surface area contributed by atoms with E-state index in [0.29, 0.717) is 18.9 Å². The van der Waals surface area contributed by atoms with Gasteiger partial charge in [-0.3, -0.25) is 9.80 Å². The van der Waals surface area contributed by atoms with Crippen LogP contribution in [0.4, 0.5) is 0 Å². The minimum absolute atomic E-state index is 0.240. The number of hydrogen-bond acceptors (Lipinski definition) is 4. The highest BCUT2D eigenvalue weighted by molar-refractivity contribution is 5.78. The second kappa shape index (κ2) is 3.87. The van der Waals surface area contributed by atoms with E-state index < -0.39 is 0 Å². The summed E-state index contributed by atoms with van der Waals surface area (Å²) in [6.45, 7) is 2.28. The van der Waals surface area contributed by atoms with Crippen molar-refractivity contribution in [2.45, 2.75) is 12.5 Å². The molecule has 100 valence electrons. The van der Waals surface area contributed by atoms with Crippen LogP contribution in [0.1, 0.15) is 18.0 Å². The predicted molar refractivity (Wildman–Crippen MR) is 67.8 cm³/mol. The van der Waals surface area contributed by atoms with Gasteiger partial charge < -0.3 is 9.47 Å². The Kier molecular flexibility index (Phi) is 2.26. The Morgan fingerprint density at radius 3 is 3.16 bits per heavy atom. The van der Waals surface area contributed by atoms with Crippen LogP contribution < -0.4 is 9.47 Å². The molecule has 2 fully saturated rings. The highest BCUT2D eigenvalue weighted by Gasteiger charge is 2.49. The summed E-state index contributed by atoms with van der Waals surface area (Å²) in [5.41, 5.74) is 1.18. The number of carbonyl (C=O) groups excluding carboxylic acids is 1. The van der Waals surface area contributed by atoms with Crippen molar-refractivity contribution in [2.75, 3.05) is 26.8 Å². The molecule has 0 N–H and O–H groups in total. The van der Waals surface area contributed by atoms with Gasteiger partial charge in [0.05, 0.1) is 19.8 Å². The van der Waals surface area contributed by atoms with Gasteiger partial charge in [-0.2, -0.15) is 0 Å². The SMILES string of the molecule is COc1ccc2c(c1)OC[C@@H]1CN3C(=O)CCN3[C@@H]21. The number of benzene rings is 1. The van der Waals surface area contributed by atoms with Crippen molar-refractivity contribution in [1.29, 1.82) is 0 Å². The van der Waals surface area contributed by atoms with Crippen LogP contribution in [0.25, 0.3) is 0 Å². The molecule has 3 aliphatic rings. The molecule has 3 aliphatic heterocycles. The van der Waals surface area contributed by atoms with Crippen molar-refractivity contribution in [3.8, 4) is 11.5 Å². The maximum atomic E-state index is 11.8. The zero-order valence-corrected chi connectivity index (χ0v) is 10.8. The molecule has 0 unspecified atom stereocenters. The van der Waals surface area contributed by atoms with E-state index >= 15 is 0 Å². The summed E-state index contributed by atoms with van der Waals surface area (Å²) in [4.78, 5) is 11.8. The Balaban J connectivity index is 1.75. The Bertz CT molecular complexity index is 545. The third kappa shape index (κ3) is 1.48. The van der Waals surface area contributed by atoms with E-state index in [0.717, 1.165) is 24.6 Å². The van der Waals surface area contributed by atoms with Gasteiger partial charge in [0.15, 0.2) is 0 Å². The molecule has 0 aliphatic carbocycles. The quantitative estimate of drug-likeness (QED) is 0.761. The van der Waals surface area contributed by atoms with Crippen molar-refractivity contribution >= 4 is 5.91 Å². The van der Waals surface area contributed by atoms with E-state index in [1.807, 2.05) is 17.1 Å². The van der Waals surface area contributed by atoms with E-state index in [1.165, 1.54) is 5.56 Å². The molecular weight excluding hydrogens is 244 g/mol. The molecule has 1 aromatic rings. The summed E-state index contributed by atoms with van der Waals surface area (Å²) >= 11 is 0. The average molecular weight is 260 g/mol. The molecule has 0 spiro atoms. The van der Waals surface area contributed by atoms with Crippen LogP contribution in [-0.2, 0) is 4.79 Å². The van der Waals surface area contributed by atoms with Gasteiger partial charge in [-0.25, -0.2) is 5.01 Å². The van der Waals surface area contributed by atoms with Gasteiger partial charge in [0, 0.05) is 37.1 Å². The molecule has 0 saturated carbocycles. The molecule has 5 nitrogen and oxygen atoms in total. The Labute approximate surface area is 111 Å². The van der Waals surface area contributed by atoms with Crippen LogP contribution in [-0.4, -0.2) is 42.7 Å². The number of fused-ring (bicyclic) bond motifs is 5. The molecule has 2 atom stereocenters. The van der Waals surface area contributed by atoms with Gasteiger partial charge in [0.25, 0.3) is 0 Å². The molecule has 2 saturated heterocycles. The third-order valence-corrected chi connectivity index (χ3v) is 4.32. The predicted octanol–water partition coefficient (Wildman–Crippen LogP) is 1.21. The summed E-state index contributed by atoms with van der Waals surface area (Å²) in [5, 5.41) is 4.11. The number of nitrogens with zero attached hydrogens (tertiary/aromatic N) is 2. The molecule has 19 heavy (non-hydrogen) atoms. The number of rotatable bonds is 1. The van der Waals surface area contributed by atoms with Gasteiger partial charge in [-0.15, -0.1) is 0 Å². The first-order valence-corrected chi connectivity index (χ1v) is 6.65. The summed E-state index contributed by atoms with van der Waals surface area (Å²) < 4.78 is 11.1. The van der Waals surface area contributed by atoms with Gasteiger partial charge in [0.2, 0.25) is 5.91 Å². The molecule has 1 amide bonds. The molecule has 3 heterocycles. The summed E-state index contributed by atoms with van der Waals surface area (Å²) in [6, 6.07) is 6.25. The minimum Gasteiger partial charge on any atom is -0.497 e. The lowest BCUT2D eigenvalue weighted by atomic mass is 9.91. The van der Waals surface area contributed by atoms with Crippen LogP contribution >= 0.6 is 0 Å². The molecule has 5 heteroatoms. The van der Waals surface area contributed by atoms with Crippen molar-refractivity contribution in [3.05, 3.63) is 23.8 Å². The molecule has 0 radical (unpaired) electrons. The van der Waals surface area contributed by atoms with Gasteiger partial charge in [-0.05, 0) is 12.1 Å². The summed E-state index contributed by atoms with van der Waals surface area (Å²) in [5.74, 6) is 2.32. The van der Waals surface area contributed by atoms with Crippen LogP contribution in [0.5, 0.6) is 11.5 Å². The van der Waals surface area contributed by atoms with E-state index in [1.54, 1.807) is 7.11 Å². The van der Waals surface area contributed by atoms with Gasteiger partial charge in [0.1, 0.15) is 11.5 Å². The van der Waals surface area contributed by atoms with E-state index in [9.17, 15) is 4.79 Å². The number of ether oxygens (including phenoxy) is 2. The van der Waals surface area contributed by atoms with Crippen LogP contribution in [0, 0.1) is 5.92 Å². The van der Waals surface area contributed by atoms with Gasteiger partial charge >= 0.3 is 0 Å². The zero-order valence-electron chi connectivity index (χ0n) is 10.8. The minimum atomic E-state index is 0.240. The zero-order chi connectivity index (χ0) is 13.0. The Morgan fingerprint density at radius 1 is 1.42 bits per heavy atom. The monoisotopic (exact) mass is 260 g/mol. The number of methoxy groups -OCH3 is 1. The first-order valence-electron chi connectivity index (χ1n) is 6.65. The number of hydrazine groups is 1. The second-order valence-corrected chi connectivity index (χ2v) is 5.31. The highest BCUT2D eigenvalue weighted by Crippen LogP contribution is 2.47. The van der Waals surface area contributed by atoms with Crippen LogP contribution in [0.2, 0.25) is 0 Å². The lowest BCUT2D eigenvalue weighted by Crippen LogP contribution is -2.34. The maximum absolute atomic E-state index is 11.8. The van der Waals surface area contributed by atoms with Crippen LogP contribution in [0.15, 0.2) is 18.2 Å². The topological polar surface area (TPSA) is 42.0 Å². The normalized spacial score (nSPS) is 28.7. The first kappa shape index (κ1) is 11.1. The van der Waals surface area contributed by atoms with Crippen molar-refractivity contribution in [3.63, 3.8) is 0 Å². The number of amides is 1. The Morgan fingerprint density at radius 2 is 2.32 bits per heavy atom. The van der Waals surface area contributed by atoms with E-state index in [-0.39, 0.29) is 11.9 Å². The largest absolute Gasteiger partial charge is 0.497 e. The fourth-order valence-corrected chi connectivity index (χ4v) is 3.43. The van der Waals surface area contributed by atoms with Crippen molar-refractivity contribution in [1.82, 2.24) is 10.0 Å². The maximum Gasteiger partial charge on any atom is 0.238 e. The fraction of sp³-hybridized carbons (Fsp3) is 0.500. The van der Waals surface area contributed by atoms with E-state index in [2.05, 4.69) is 11.1 Å². The summed E-state index contributed by atoms with van der Waals surface area (Å²) in [6.07, 6.45) is 0.634. The van der Waals surface area contributed by atoms with Crippen molar-refractivity contribution in [2.24, 2.45) is 5.92 Å². The lowest BCUT2D eigenvalue weighted by Gasteiger charge is -2.32. The highest BCUT2D eigenvalue weighted by atomic mass is 16.5. The number of hydrogen-bond donors (Lipinski definition) is 0. The smallest absolute Gasteiger partial charge is 0.238 e. The molecule has 4 rings (SSSR count). The number of carbonyl (C=O) groups is 1.